The summed E-state index contributed by atoms with van der Waals surface area (Å²) in [6.45, 7) is 1.21. The van der Waals surface area contributed by atoms with E-state index in [1.165, 1.54) is 0 Å². The molecule has 1 atom stereocenters. The van der Waals surface area contributed by atoms with Crippen molar-refractivity contribution in [1.29, 1.82) is 0 Å². The van der Waals surface area contributed by atoms with E-state index in [-0.39, 0.29) is 6.10 Å². The summed E-state index contributed by atoms with van der Waals surface area (Å²) in [5.74, 6) is 0. The van der Waals surface area contributed by atoms with Crippen LogP contribution in [0.25, 0.3) is 0 Å². The first-order valence-electron chi connectivity index (χ1n) is 3.59. The van der Waals surface area contributed by atoms with Gasteiger partial charge >= 0.3 is 6.16 Å². The Labute approximate surface area is 79.9 Å². The maximum absolute atomic E-state index is 10.7. The molecule has 0 aromatic carbocycles. The molecule has 0 N–H and O–H groups in total. The third-order valence-corrected chi connectivity index (χ3v) is 1.92. The number of ether oxygens (including phenoxy) is 2. The van der Waals surface area contributed by atoms with Gasteiger partial charge in [-0.15, -0.1) is 0 Å². The molecule has 0 bridgehead atoms. The first-order valence-corrected chi connectivity index (χ1v) is 5.39. The van der Waals surface area contributed by atoms with E-state index in [0.717, 1.165) is 19.4 Å². The van der Waals surface area contributed by atoms with Gasteiger partial charge in [0, 0.05) is 6.61 Å². The first kappa shape index (κ1) is 10.0. The van der Waals surface area contributed by atoms with E-state index in [1.807, 2.05) is 0 Å². The molecule has 1 aliphatic rings. The molecule has 0 amide bonds. The third-order valence-electron chi connectivity index (χ3n) is 1.49. The Morgan fingerprint density at radius 2 is 2.50 bits per heavy atom. The summed E-state index contributed by atoms with van der Waals surface area (Å²) >= 11 is 4.32. The molecule has 0 radical (unpaired) electrons. The van der Waals surface area contributed by atoms with E-state index < -0.39 is 6.16 Å². The molecule has 1 saturated heterocycles. The van der Waals surface area contributed by atoms with E-state index in [2.05, 4.69) is 15.8 Å². The molecular weight excluding hydrogens is 200 g/mol. The second-order valence-electron chi connectivity index (χ2n) is 2.36. The lowest BCUT2D eigenvalue weighted by Gasteiger charge is -2.20. The fourth-order valence-electron chi connectivity index (χ4n) is 0.990. The van der Waals surface area contributed by atoms with Gasteiger partial charge in [0.2, 0.25) is 0 Å². The second-order valence-corrected chi connectivity index (χ2v) is 3.13. The van der Waals surface area contributed by atoms with Gasteiger partial charge in [0.15, 0.2) is 0 Å². The van der Waals surface area contributed by atoms with Crippen molar-refractivity contribution in [3.05, 3.63) is 0 Å². The van der Waals surface area contributed by atoms with E-state index in [0.29, 0.717) is 17.7 Å². The van der Waals surface area contributed by atoms with Crippen LogP contribution in [0.4, 0.5) is 4.79 Å². The average molecular weight is 210 g/mol. The van der Waals surface area contributed by atoms with Gasteiger partial charge < -0.3 is 13.7 Å². The van der Waals surface area contributed by atoms with E-state index >= 15 is 0 Å². The van der Waals surface area contributed by atoms with Crippen molar-refractivity contribution in [2.75, 3.05) is 13.2 Å². The third kappa shape index (κ3) is 3.55. The van der Waals surface area contributed by atoms with Gasteiger partial charge in [-0.05, 0) is 12.8 Å². The van der Waals surface area contributed by atoms with Crippen LogP contribution in [0.1, 0.15) is 12.8 Å². The van der Waals surface area contributed by atoms with Crippen molar-refractivity contribution in [2.24, 2.45) is 0 Å². The normalized spacial score (nSPS) is 23.2. The van der Waals surface area contributed by atoms with Crippen LogP contribution in [-0.2, 0) is 13.7 Å². The summed E-state index contributed by atoms with van der Waals surface area (Å²) in [4.78, 5) is 10.7. The van der Waals surface area contributed by atoms with E-state index in [4.69, 9.17) is 9.47 Å². The molecule has 1 aliphatic heterocycles. The fraction of sp³-hybridized carbons (Fsp3) is 0.833. The quantitative estimate of drug-likeness (QED) is 0.326. The van der Waals surface area contributed by atoms with Crippen LogP contribution in [-0.4, -0.2) is 25.5 Å². The Kier molecular flexibility index (Phi) is 4.63. The van der Waals surface area contributed by atoms with Crippen LogP contribution in [0.3, 0.4) is 0 Å². The van der Waals surface area contributed by atoms with Crippen molar-refractivity contribution >= 4 is 28.9 Å². The number of rotatable bonds is 2. The Morgan fingerprint density at radius 3 is 3.08 bits per heavy atom. The zero-order valence-electron chi connectivity index (χ0n) is 6.39. The van der Waals surface area contributed by atoms with Gasteiger partial charge in [-0.25, -0.2) is 4.79 Å². The predicted molar refractivity (Wildman–Crippen MR) is 48.0 cm³/mol. The topological polar surface area (TPSA) is 44.8 Å². The summed E-state index contributed by atoms with van der Waals surface area (Å²) in [7, 11) is 0. The maximum Gasteiger partial charge on any atom is 0.521 e. The van der Waals surface area contributed by atoms with Crippen molar-refractivity contribution in [1.82, 2.24) is 0 Å². The molecule has 1 fully saturated rings. The molecule has 1 heterocycles. The molecule has 0 aromatic heterocycles. The van der Waals surface area contributed by atoms with Gasteiger partial charge in [-0.3, -0.25) is 0 Å². The number of hydrogen-bond donors (Lipinski definition) is 1. The minimum atomic E-state index is -0.703. The Hall–Kier alpha value is -0.0700. The number of carbonyl (C=O) groups excluding carboxylic acids is 1. The van der Waals surface area contributed by atoms with Gasteiger partial charge in [-0.1, -0.05) is 11.7 Å². The summed E-state index contributed by atoms with van der Waals surface area (Å²) in [5.41, 5.74) is 0. The minimum absolute atomic E-state index is 0.160. The monoisotopic (exact) mass is 210 g/mol. The van der Waals surface area contributed by atoms with E-state index in [9.17, 15) is 4.79 Å². The predicted octanol–water partition coefficient (Wildman–Crippen LogP) is 1.81. The Morgan fingerprint density at radius 1 is 1.67 bits per heavy atom. The molecule has 70 valence electrons. The standard InChI is InChI=1S/C6H10O4S2/c7-6(10-12-11)9-5-2-1-3-8-4-5/h5,11H,1-4H2. The molecule has 1 rings (SSSR count). The van der Waals surface area contributed by atoms with Crippen LogP contribution in [0.2, 0.25) is 0 Å². The van der Waals surface area contributed by atoms with Gasteiger partial charge in [-0.2, -0.15) is 0 Å². The van der Waals surface area contributed by atoms with Gasteiger partial charge in [0.1, 0.15) is 17.2 Å². The molecule has 0 saturated carbocycles. The fourth-order valence-corrected chi connectivity index (χ4v) is 1.27. The second kappa shape index (κ2) is 5.55. The highest BCUT2D eigenvalue weighted by Crippen LogP contribution is 2.13. The van der Waals surface area contributed by atoms with Crippen molar-refractivity contribution in [3.63, 3.8) is 0 Å². The summed E-state index contributed by atoms with van der Waals surface area (Å²) in [5, 5.41) is 0. The SMILES string of the molecule is O=C(OSS)OC1CCCOC1. The highest BCUT2D eigenvalue weighted by Gasteiger charge is 2.18. The molecule has 4 nitrogen and oxygen atoms in total. The molecule has 0 spiro atoms. The smallest absolute Gasteiger partial charge is 0.428 e. The average Bonchev–Trinajstić information content (AvgIpc) is 2.06. The van der Waals surface area contributed by atoms with Crippen LogP contribution in [0.5, 0.6) is 0 Å². The largest absolute Gasteiger partial charge is 0.521 e. The lowest BCUT2D eigenvalue weighted by atomic mass is 10.2. The number of thiol groups is 1. The maximum atomic E-state index is 10.7. The zero-order chi connectivity index (χ0) is 8.81. The minimum Gasteiger partial charge on any atom is -0.428 e. The Bertz CT molecular complexity index is 146. The van der Waals surface area contributed by atoms with Crippen LogP contribution >= 0.6 is 22.7 Å². The number of hydrogen-bond acceptors (Lipinski definition) is 6. The first-order chi connectivity index (χ1) is 5.83. The summed E-state index contributed by atoms with van der Waals surface area (Å²) in [6, 6.07) is 0. The molecule has 0 aliphatic carbocycles. The van der Waals surface area contributed by atoms with Gasteiger partial charge in [0.25, 0.3) is 0 Å². The molecule has 6 heteroatoms. The Balaban J connectivity index is 2.15. The molecule has 0 aromatic rings. The molecular formula is C6H10O4S2. The van der Waals surface area contributed by atoms with Crippen LogP contribution < -0.4 is 0 Å². The summed E-state index contributed by atoms with van der Waals surface area (Å²) in [6.07, 6.45) is 0.899. The zero-order valence-corrected chi connectivity index (χ0v) is 8.11. The lowest BCUT2D eigenvalue weighted by Crippen LogP contribution is -2.27. The molecule has 12 heavy (non-hydrogen) atoms. The highest BCUT2D eigenvalue weighted by molar-refractivity contribution is 8.66. The number of carbonyl (C=O) groups is 1. The highest BCUT2D eigenvalue weighted by atomic mass is 33.1. The van der Waals surface area contributed by atoms with Crippen molar-refractivity contribution in [2.45, 2.75) is 18.9 Å². The van der Waals surface area contributed by atoms with Gasteiger partial charge in [0.05, 0.1) is 6.61 Å². The van der Waals surface area contributed by atoms with Crippen molar-refractivity contribution < 1.29 is 18.5 Å². The van der Waals surface area contributed by atoms with Crippen LogP contribution in [0, 0.1) is 0 Å². The lowest BCUT2D eigenvalue weighted by molar-refractivity contribution is -0.0277. The van der Waals surface area contributed by atoms with E-state index in [1.54, 1.807) is 0 Å². The van der Waals surface area contributed by atoms with Crippen molar-refractivity contribution in [3.8, 4) is 0 Å². The summed E-state index contributed by atoms with van der Waals surface area (Å²) < 4.78 is 14.4. The van der Waals surface area contributed by atoms with Crippen LogP contribution in [0.15, 0.2) is 0 Å². The molecule has 1 unspecified atom stereocenters.